The van der Waals surface area contributed by atoms with Crippen molar-refractivity contribution in [2.24, 2.45) is 5.41 Å². The molecule has 1 aromatic heterocycles. The van der Waals surface area contributed by atoms with E-state index in [4.69, 9.17) is 0 Å². The number of carbonyl (C=O) groups is 1. The van der Waals surface area contributed by atoms with Crippen LogP contribution >= 0.6 is 0 Å². The smallest absolute Gasteiger partial charge is 0.327 e. The molecule has 0 bridgehead atoms. The van der Waals surface area contributed by atoms with E-state index in [0.717, 1.165) is 0 Å². The van der Waals surface area contributed by atoms with Crippen LogP contribution in [-0.2, 0) is 0 Å². The van der Waals surface area contributed by atoms with Gasteiger partial charge in [0.1, 0.15) is 6.33 Å². The lowest BCUT2D eigenvalue weighted by atomic mass is 9.88. The number of amides is 1. The molecule has 1 rings (SSSR count). The van der Waals surface area contributed by atoms with Crippen LogP contribution in [0.4, 0.5) is 4.79 Å². The van der Waals surface area contributed by atoms with E-state index in [2.05, 4.69) is 31.1 Å². The van der Waals surface area contributed by atoms with E-state index < -0.39 is 0 Å². The minimum Gasteiger partial charge on any atom is -0.334 e. The highest BCUT2D eigenvalue weighted by Crippen LogP contribution is 2.18. The molecule has 0 spiro atoms. The van der Waals surface area contributed by atoms with Crippen LogP contribution in [0.2, 0.25) is 0 Å². The molecule has 1 amide bonds. The summed E-state index contributed by atoms with van der Waals surface area (Å²) in [5, 5.41) is 2.91. The summed E-state index contributed by atoms with van der Waals surface area (Å²) in [5.41, 5.74) is 0.0657. The predicted octanol–water partition coefficient (Wildman–Crippen LogP) is 1.88. The second-order valence-corrected chi connectivity index (χ2v) is 4.51. The molecule has 0 radical (unpaired) electrons. The van der Waals surface area contributed by atoms with Gasteiger partial charge < -0.3 is 5.32 Å². The molecule has 1 N–H and O–H groups in total. The highest BCUT2D eigenvalue weighted by atomic mass is 16.2. The zero-order chi connectivity index (χ0) is 10.8. The van der Waals surface area contributed by atoms with Crippen LogP contribution in [0.3, 0.4) is 0 Å². The van der Waals surface area contributed by atoms with Crippen LogP contribution in [0.25, 0.3) is 0 Å². The van der Waals surface area contributed by atoms with Gasteiger partial charge in [0.05, 0.1) is 0 Å². The molecule has 0 aromatic carbocycles. The molecule has 0 saturated carbocycles. The normalized spacial score (nSPS) is 13.7. The Morgan fingerprint density at radius 1 is 1.50 bits per heavy atom. The van der Waals surface area contributed by atoms with Crippen LogP contribution in [0.15, 0.2) is 18.7 Å². The highest BCUT2D eigenvalue weighted by Gasteiger charge is 2.21. The van der Waals surface area contributed by atoms with E-state index in [-0.39, 0.29) is 17.5 Å². The Morgan fingerprint density at radius 2 is 2.14 bits per heavy atom. The Hall–Kier alpha value is -1.32. The number of aromatic nitrogens is 2. The first kappa shape index (κ1) is 10.8. The zero-order valence-electron chi connectivity index (χ0n) is 9.11. The molecule has 78 valence electrons. The molecule has 1 atom stereocenters. The Morgan fingerprint density at radius 3 is 2.57 bits per heavy atom. The first-order chi connectivity index (χ1) is 6.41. The van der Waals surface area contributed by atoms with Crippen molar-refractivity contribution < 1.29 is 4.79 Å². The third kappa shape index (κ3) is 2.58. The average Bonchev–Trinajstić information content (AvgIpc) is 2.53. The van der Waals surface area contributed by atoms with Gasteiger partial charge in [-0.25, -0.2) is 9.78 Å². The van der Waals surface area contributed by atoms with Gasteiger partial charge in [0.25, 0.3) is 0 Å². The van der Waals surface area contributed by atoms with E-state index in [1.165, 1.54) is 10.9 Å². The third-order valence-electron chi connectivity index (χ3n) is 2.38. The zero-order valence-corrected chi connectivity index (χ0v) is 9.11. The second kappa shape index (κ2) is 3.82. The molecule has 4 heteroatoms. The van der Waals surface area contributed by atoms with Gasteiger partial charge in [0.2, 0.25) is 0 Å². The largest absolute Gasteiger partial charge is 0.334 e. The van der Waals surface area contributed by atoms with E-state index in [1.54, 1.807) is 12.4 Å². The summed E-state index contributed by atoms with van der Waals surface area (Å²) in [7, 11) is 0. The number of hydrogen-bond donors (Lipinski definition) is 1. The SMILES string of the molecule is CC(NC(=O)n1ccnc1)C(C)(C)C. The topological polar surface area (TPSA) is 46.9 Å². The Labute approximate surface area is 84.3 Å². The summed E-state index contributed by atoms with van der Waals surface area (Å²) in [6.45, 7) is 8.26. The molecular weight excluding hydrogens is 178 g/mol. The number of hydrogen-bond acceptors (Lipinski definition) is 2. The quantitative estimate of drug-likeness (QED) is 0.743. The van der Waals surface area contributed by atoms with Crippen LogP contribution in [-0.4, -0.2) is 21.6 Å². The summed E-state index contributed by atoms with van der Waals surface area (Å²) in [6, 6.07) is -0.0117. The average molecular weight is 195 g/mol. The van der Waals surface area contributed by atoms with Crippen LogP contribution in [0.1, 0.15) is 27.7 Å². The van der Waals surface area contributed by atoms with Crippen LogP contribution in [0.5, 0.6) is 0 Å². The molecule has 1 heterocycles. The summed E-state index contributed by atoms with van der Waals surface area (Å²) < 4.78 is 1.43. The van der Waals surface area contributed by atoms with Crippen molar-refractivity contribution in [3.8, 4) is 0 Å². The molecule has 0 aliphatic rings. The van der Waals surface area contributed by atoms with Crippen molar-refractivity contribution in [1.82, 2.24) is 14.9 Å². The maximum Gasteiger partial charge on any atom is 0.327 e. The van der Waals surface area contributed by atoms with E-state index in [9.17, 15) is 4.79 Å². The minimum absolute atomic E-state index is 0.0657. The Balaban J connectivity index is 2.58. The molecule has 0 aliphatic carbocycles. The highest BCUT2D eigenvalue weighted by molar-refractivity contribution is 5.76. The molecule has 1 aromatic rings. The Kier molecular flexibility index (Phi) is 2.93. The molecule has 0 saturated heterocycles. The summed E-state index contributed by atoms with van der Waals surface area (Å²) in [6.07, 6.45) is 4.71. The third-order valence-corrected chi connectivity index (χ3v) is 2.38. The van der Waals surface area contributed by atoms with E-state index in [0.29, 0.717) is 0 Å². The lowest BCUT2D eigenvalue weighted by molar-refractivity contribution is 0.224. The van der Waals surface area contributed by atoms with Gasteiger partial charge in [-0.1, -0.05) is 20.8 Å². The number of rotatable bonds is 1. The Bertz CT molecular complexity index is 298. The van der Waals surface area contributed by atoms with Crippen molar-refractivity contribution >= 4 is 6.03 Å². The predicted molar refractivity (Wildman–Crippen MR) is 55.1 cm³/mol. The summed E-state index contributed by atoms with van der Waals surface area (Å²) in [4.78, 5) is 15.4. The maximum atomic E-state index is 11.6. The number of nitrogens with one attached hydrogen (secondary N) is 1. The van der Waals surface area contributed by atoms with E-state index in [1.807, 2.05) is 6.92 Å². The van der Waals surface area contributed by atoms with Gasteiger partial charge >= 0.3 is 6.03 Å². The van der Waals surface area contributed by atoms with Gasteiger partial charge in [0.15, 0.2) is 0 Å². The summed E-state index contributed by atoms with van der Waals surface area (Å²) >= 11 is 0. The van der Waals surface area contributed by atoms with Gasteiger partial charge in [0, 0.05) is 18.4 Å². The standard InChI is InChI=1S/C10H17N3O/c1-8(10(2,3)4)12-9(14)13-6-5-11-7-13/h5-8H,1-4H3,(H,12,14). The first-order valence-corrected chi connectivity index (χ1v) is 4.70. The molecular formula is C10H17N3O. The van der Waals surface area contributed by atoms with Gasteiger partial charge in [-0.2, -0.15) is 0 Å². The van der Waals surface area contributed by atoms with Gasteiger partial charge in [-0.05, 0) is 12.3 Å². The molecule has 14 heavy (non-hydrogen) atoms. The first-order valence-electron chi connectivity index (χ1n) is 4.70. The summed E-state index contributed by atoms with van der Waals surface area (Å²) in [5.74, 6) is 0. The van der Waals surface area contributed by atoms with Crippen molar-refractivity contribution in [2.45, 2.75) is 33.7 Å². The van der Waals surface area contributed by atoms with Crippen molar-refractivity contribution in [3.05, 3.63) is 18.7 Å². The fourth-order valence-electron chi connectivity index (χ4n) is 0.856. The molecule has 1 unspecified atom stereocenters. The number of imidazole rings is 1. The van der Waals surface area contributed by atoms with Gasteiger partial charge in [-0.3, -0.25) is 4.57 Å². The number of nitrogens with zero attached hydrogens (tertiary/aromatic N) is 2. The minimum atomic E-state index is -0.134. The molecule has 0 fully saturated rings. The monoisotopic (exact) mass is 195 g/mol. The molecule has 4 nitrogen and oxygen atoms in total. The fraction of sp³-hybridized carbons (Fsp3) is 0.600. The maximum absolute atomic E-state index is 11.6. The lowest BCUT2D eigenvalue weighted by Gasteiger charge is -2.27. The van der Waals surface area contributed by atoms with Crippen molar-refractivity contribution in [2.75, 3.05) is 0 Å². The van der Waals surface area contributed by atoms with E-state index >= 15 is 0 Å². The van der Waals surface area contributed by atoms with Crippen LogP contribution < -0.4 is 5.32 Å². The van der Waals surface area contributed by atoms with Crippen molar-refractivity contribution in [1.29, 1.82) is 0 Å². The fourth-order valence-corrected chi connectivity index (χ4v) is 0.856. The lowest BCUT2D eigenvalue weighted by Crippen LogP contribution is -2.43. The van der Waals surface area contributed by atoms with Crippen molar-refractivity contribution in [3.63, 3.8) is 0 Å². The second-order valence-electron chi connectivity index (χ2n) is 4.51. The molecule has 0 aliphatic heterocycles. The van der Waals surface area contributed by atoms with Gasteiger partial charge in [-0.15, -0.1) is 0 Å². The van der Waals surface area contributed by atoms with Crippen LogP contribution in [0, 0.1) is 5.41 Å². The number of carbonyl (C=O) groups excluding carboxylic acids is 1.